The van der Waals surface area contributed by atoms with Crippen molar-refractivity contribution >= 4 is 39.5 Å². The third-order valence-electron chi connectivity index (χ3n) is 17.8. The number of unbranched alkanes of at least 4 members (excludes halogenated alkanes) is 40. The van der Waals surface area contributed by atoms with Crippen LogP contribution in [0.4, 0.5) is 0 Å². The molecule has 0 spiro atoms. The van der Waals surface area contributed by atoms with Crippen LogP contribution in [0.2, 0.25) is 0 Å². The Labute approximate surface area is 588 Å². The van der Waals surface area contributed by atoms with Gasteiger partial charge in [-0.25, -0.2) is 9.13 Å². The van der Waals surface area contributed by atoms with E-state index in [1.807, 2.05) is 0 Å². The van der Waals surface area contributed by atoms with E-state index in [1.165, 1.54) is 186 Å². The summed E-state index contributed by atoms with van der Waals surface area (Å²) in [5.41, 5.74) is 0. The third-order valence-corrected chi connectivity index (χ3v) is 19.7. The van der Waals surface area contributed by atoms with Crippen LogP contribution in [0, 0.1) is 23.7 Å². The molecule has 0 heterocycles. The molecule has 0 rings (SSSR count). The molecule has 96 heavy (non-hydrogen) atoms. The van der Waals surface area contributed by atoms with Gasteiger partial charge in [0.1, 0.15) is 19.3 Å². The number of hydrogen-bond donors (Lipinski definition) is 3. The number of rotatable bonds is 74. The highest BCUT2D eigenvalue weighted by atomic mass is 31.2. The molecule has 0 aromatic rings. The molecule has 0 bridgehead atoms. The van der Waals surface area contributed by atoms with Gasteiger partial charge in [-0.15, -0.1) is 0 Å². The lowest BCUT2D eigenvalue weighted by Crippen LogP contribution is -2.30. The summed E-state index contributed by atoms with van der Waals surface area (Å²) < 4.78 is 68.5. The van der Waals surface area contributed by atoms with Gasteiger partial charge in [-0.2, -0.15) is 0 Å². The lowest BCUT2D eigenvalue weighted by Gasteiger charge is -2.21. The Hall–Kier alpha value is -1.94. The molecule has 570 valence electrons. The number of aliphatic hydroxyl groups is 1. The minimum atomic E-state index is -4.96. The summed E-state index contributed by atoms with van der Waals surface area (Å²) in [6.45, 7) is 14.2. The fraction of sp³-hybridized carbons (Fsp3) is 0.948. The van der Waals surface area contributed by atoms with Crippen molar-refractivity contribution in [3.05, 3.63) is 0 Å². The topological polar surface area (TPSA) is 237 Å². The average molecular weight is 1410 g/mol. The first-order valence-corrected chi connectivity index (χ1v) is 42.7. The Morgan fingerprint density at radius 2 is 0.438 bits per heavy atom. The number of carbonyl (C=O) groups excluding carboxylic acids is 4. The van der Waals surface area contributed by atoms with Crippen molar-refractivity contribution < 1.29 is 80.2 Å². The van der Waals surface area contributed by atoms with Crippen LogP contribution in [0.3, 0.4) is 0 Å². The van der Waals surface area contributed by atoms with Crippen molar-refractivity contribution in [2.24, 2.45) is 23.7 Å². The van der Waals surface area contributed by atoms with E-state index in [0.717, 1.165) is 114 Å². The van der Waals surface area contributed by atoms with Gasteiger partial charge in [-0.1, -0.05) is 338 Å². The van der Waals surface area contributed by atoms with Gasteiger partial charge in [0.15, 0.2) is 12.2 Å². The second kappa shape index (κ2) is 66.3. The number of carbonyl (C=O) groups is 4. The standard InChI is InChI=1S/C77H150O17P2/c1-67(2)53-45-37-29-22-17-15-13-11-9-10-12-14-16-18-25-33-41-49-57-74(79)87-63-72(93-76(81)59-51-43-34-26-20-19-23-30-38-46-54-68(3)4)65-91-95(83,84)89-61-71(78)62-90-96(85,86)92-66-73(64-88-75(80)58-50-42-36-28-32-40-48-56-70(7)8)94-77(82)60-52-44-35-27-21-24-31-39-47-55-69(5)6/h67-73,78H,9-66H2,1-8H3,(H,83,84)(H,85,86)/t71?,72-,73-/m1/s1. The highest BCUT2D eigenvalue weighted by Crippen LogP contribution is 2.45. The number of phosphoric acid groups is 2. The second-order valence-electron chi connectivity index (χ2n) is 29.7. The van der Waals surface area contributed by atoms with Gasteiger partial charge in [0, 0.05) is 25.7 Å². The van der Waals surface area contributed by atoms with E-state index in [4.69, 9.17) is 37.0 Å². The van der Waals surface area contributed by atoms with Crippen LogP contribution in [0.15, 0.2) is 0 Å². The van der Waals surface area contributed by atoms with E-state index in [1.54, 1.807) is 0 Å². The number of ether oxygens (including phenoxy) is 4. The van der Waals surface area contributed by atoms with Crippen LogP contribution in [-0.2, 0) is 65.4 Å². The zero-order valence-electron chi connectivity index (χ0n) is 63.0. The molecule has 0 aliphatic carbocycles. The van der Waals surface area contributed by atoms with E-state index in [-0.39, 0.29) is 25.7 Å². The first kappa shape index (κ1) is 94.1. The summed E-state index contributed by atoms with van der Waals surface area (Å²) in [6.07, 6.45) is 51.6. The normalized spacial score (nSPS) is 14.1. The van der Waals surface area contributed by atoms with Crippen LogP contribution in [0.5, 0.6) is 0 Å². The quantitative estimate of drug-likeness (QED) is 0.0222. The SMILES string of the molecule is CC(C)CCCCCCCCCCCCCCCCCCCCC(=O)OC[C@H](COP(=O)(O)OCC(O)COP(=O)(O)OC[C@@H](COC(=O)CCCCCCCCCC(C)C)OC(=O)CCCCCCCCCCCC(C)C)OC(=O)CCCCCCCCCCCCC(C)C. The number of aliphatic hydroxyl groups excluding tert-OH is 1. The molecule has 3 unspecified atom stereocenters. The molecule has 19 heteroatoms. The largest absolute Gasteiger partial charge is 0.472 e. The monoisotopic (exact) mass is 1410 g/mol. The van der Waals surface area contributed by atoms with E-state index in [0.29, 0.717) is 31.6 Å². The van der Waals surface area contributed by atoms with Crippen LogP contribution >= 0.6 is 15.6 Å². The van der Waals surface area contributed by atoms with Crippen LogP contribution < -0.4 is 0 Å². The van der Waals surface area contributed by atoms with Gasteiger partial charge in [0.05, 0.1) is 26.4 Å². The predicted octanol–water partition coefficient (Wildman–Crippen LogP) is 22.4. The number of esters is 4. The molecule has 17 nitrogen and oxygen atoms in total. The van der Waals surface area contributed by atoms with Gasteiger partial charge in [-0.05, 0) is 49.4 Å². The maximum atomic E-state index is 13.1. The van der Waals surface area contributed by atoms with Gasteiger partial charge in [0.2, 0.25) is 0 Å². The molecular formula is C77H150O17P2. The Morgan fingerprint density at radius 3 is 0.646 bits per heavy atom. The van der Waals surface area contributed by atoms with Crippen LogP contribution in [0.25, 0.3) is 0 Å². The minimum Gasteiger partial charge on any atom is -0.462 e. The van der Waals surface area contributed by atoms with E-state index < -0.39 is 97.5 Å². The number of hydrogen-bond acceptors (Lipinski definition) is 15. The zero-order chi connectivity index (χ0) is 71.0. The van der Waals surface area contributed by atoms with E-state index >= 15 is 0 Å². The van der Waals surface area contributed by atoms with Crippen molar-refractivity contribution in [2.45, 2.75) is 408 Å². The first-order chi connectivity index (χ1) is 46.1. The summed E-state index contributed by atoms with van der Waals surface area (Å²) in [5.74, 6) is 0.894. The van der Waals surface area contributed by atoms with Crippen molar-refractivity contribution in [1.29, 1.82) is 0 Å². The van der Waals surface area contributed by atoms with Gasteiger partial charge in [0.25, 0.3) is 0 Å². The van der Waals surface area contributed by atoms with Crippen LogP contribution in [0.1, 0.15) is 389 Å². The average Bonchev–Trinajstić information content (AvgIpc) is 1.41. The van der Waals surface area contributed by atoms with Gasteiger partial charge < -0.3 is 33.8 Å². The summed E-state index contributed by atoms with van der Waals surface area (Å²) in [7, 11) is -9.91. The van der Waals surface area contributed by atoms with E-state index in [9.17, 15) is 43.2 Å². The number of phosphoric ester groups is 2. The van der Waals surface area contributed by atoms with Crippen LogP contribution in [-0.4, -0.2) is 96.7 Å². The third kappa shape index (κ3) is 70.5. The smallest absolute Gasteiger partial charge is 0.462 e. The molecule has 0 aliphatic heterocycles. The van der Waals surface area contributed by atoms with Crippen molar-refractivity contribution in [1.82, 2.24) is 0 Å². The molecule has 0 aromatic heterocycles. The molecule has 0 aliphatic rings. The highest BCUT2D eigenvalue weighted by molar-refractivity contribution is 7.47. The lowest BCUT2D eigenvalue weighted by atomic mass is 10.0. The summed E-state index contributed by atoms with van der Waals surface area (Å²) in [6, 6.07) is 0. The molecule has 5 atom stereocenters. The molecule has 0 saturated carbocycles. The minimum absolute atomic E-state index is 0.104. The molecule has 0 saturated heterocycles. The summed E-state index contributed by atoms with van der Waals surface area (Å²) >= 11 is 0. The maximum absolute atomic E-state index is 13.1. The first-order valence-electron chi connectivity index (χ1n) is 39.7. The highest BCUT2D eigenvalue weighted by Gasteiger charge is 2.30. The Kier molecular flexibility index (Phi) is 65.0. The zero-order valence-corrected chi connectivity index (χ0v) is 64.8. The Bertz CT molecular complexity index is 1880. The molecule has 0 amide bonds. The second-order valence-corrected chi connectivity index (χ2v) is 32.6. The fourth-order valence-corrected chi connectivity index (χ4v) is 13.3. The van der Waals surface area contributed by atoms with Gasteiger partial charge in [-0.3, -0.25) is 37.3 Å². The molecule has 3 N–H and O–H groups in total. The van der Waals surface area contributed by atoms with E-state index in [2.05, 4.69) is 55.4 Å². The maximum Gasteiger partial charge on any atom is 0.472 e. The summed E-state index contributed by atoms with van der Waals surface area (Å²) in [5, 5.41) is 10.6. The molecule has 0 radical (unpaired) electrons. The molecule has 0 aromatic carbocycles. The molecular weight excluding hydrogens is 1260 g/mol. The Balaban J connectivity index is 5.18. The van der Waals surface area contributed by atoms with Crippen molar-refractivity contribution in [3.8, 4) is 0 Å². The Morgan fingerprint density at radius 1 is 0.260 bits per heavy atom. The predicted molar refractivity (Wildman–Crippen MR) is 391 cm³/mol. The lowest BCUT2D eigenvalue weighted by molar-refractivity contribution is -0.161. The van der Waals surface area contributed by atoms with Crippen molar-refractivity contribution in [3.63, 3.8) is 0 Å². The summed E-state index contributed by atoms with van der Waals surface area (Å²) in [4.78, 5) is 72.8. The molecule has 0 fully saturated rings. The fourth-order valence-electron chi connectivity index (χ4n) is 11.7. The van der Waals surface area contributed by atoms with Gasteiger partial charge >= 0.3 is 39.5 Å². The van der Waals surface area contributed by atoms with Crippen molar-refractivity contribution in [2.75, 3.05) is 39.6 Å².